The van der Waals surface area contributed by atoms with Crippen LogP contribution in [0.5, 0.6) is 0 Å². The summed E-state index contributed by atoms with van der Waals surface area (Å²) in [5.74, 6) is 0.256. The van der Waals surface area contributed by atoms with E-state index in [0.717, 1.165) is 19.4 Å². The monoisotopic (exact) mass is 199 g/mol. The maximum Gasteiger partial charge on any atom is 0.152 e. The lowest BCUT2D eigenvalue weighted by molar-refractivity contribution is -0.128. The second-order valence-corrected chi connectivity index (χ2v) is 5.20. The third-order valence-corrected chi connectivity index (χ3v) is 2.68. The SMILES string of the molecule is CC(C)(C)C(=O)CN1CCC[C@H](O)C1. The maximum atomic E-state index is 11.7. The van der Waals surface area contributed by atoms with Gasteiger partial charge in [-0.05, 0) is 19.4 Å². The number of aliphatic hydroxyl groups is 1. The first kappa shape index (κ1) is 11.7. The fraction of sp³-hybridized carbons (Fsp3) is 0.909. The van der Waals surface area contributed by atoms with Gasteiger partial charge in [-0.3, -0.25) is 9.69 Å². The first-order valence-corrected chi connectivity index (χ1v) is 5.33. The van der Waals surface area contributed by atoms with E-state index in [1.54, 1.807) is 0 Å². The number of carbonyl (C=O) groups excluding carboxylic acids is 1. The van der Waals surface area contributed by atoms with E-state index in [9.17, 15) is 9.90 Å². The minimum absolute atomic E-state index is 0.239. The van der Waals surface area contributed by atoms with Gasteiger partial charge in [0.15, 0.2) is 5.78 Å². The van der Waals surface area contributed by atoms with Gasteiger partial charge in [-0.2, -0.15) is 0 Å². The molecule has 0 spiro atoms. The topological polar surface area (TPSA) is 40.5 Å². The number of hydrogen-bond donors (Lipinski definition) is 1. The van der Waals surface area contributed by atoms with E-state index in [2.05, 4.69) is 4.90 Å². The number of β-amino-alcohol motifs (C(OH)–C–C–N with tert-alkyl or cyclic N) is 1. The van der Waals surface area contributed by atoms with Crippen LogP contribution in [0.1, 0.15) is 33.6 Å². The molecule has 0 radical (unpaired) electrons. The van der Waals surface area contributed by atoms with E-state index < -0.39 is 0 Å². The maximum absolute atomic E-state index is 11.7. The summed E-state index contributed by atoms with van der Waals surface area (Å²) in [6.45, 7) is 7.91. The van der Waals surface area contributed by atoms with Crippen LogP contribution in [0.15, 0.2) is 0 Å². The van der Waals surface area contributed by atoms with Crippen molar-refractivity contribution in [2.75, 3.05) is 19.6 Å². The Morgan fingerprint density at radius 1 is 1.50 bits per heavy atom. The van der Waals surface area contributed by atoms with E-state index in [1.807, 2.05) is 20.8 Å². The number of rotatable bonds is 2. The van der Waals surface area contributed by atoms with Crippen LogP contribution in [0.3, 0.4) is 0 Å². The van der Waals surface area contributed by atoms with Crippen molar-refractivity contribution in [3.63, 3.8) is 0 Å². The molecule has 1 saturated heterocycles. The van der Waals surface area contributed by atoms with Gasteiger partial charge < -0.3 is 5.11 Å². The molecule has 0 bridgehead atoms. The van der Waals surface area contributed by atoms with Gasteiger partial charge in [0.05, 0.1) is 12.6 Å². The number of Topliss-reactive ketones (excluding diaryl/α,β-unsaturated/α-hetero) is 1. The molecule has 3 nitrogen and oxygen atoms in total. The highest BCUT2D eigenvalue weighted by atomic mass is 16.3. The Kier molecular flexibility index (Phi) is 3.67. The van der Waals surface area contributed by atoms with Gasteiger partial charge in [0.1, 0.15) is 0 Å². The molecule has 0 aromatic rings. The molecule has 0 aliphatic carbocycles. The van der Waals surface area contributed by atoms with Crippen LogP contribution in [0.4, 0.5) is 0 Å². The Morgan fingerprint density at radius 3 is 2.64 bits per heavy atom. The van der Waals surface area contributed by atoms with Crippen molar-refractivity contribution in [3.05, 3.63) is 0 Å². The molecule has 82 valence electrons. The van der Waals surface area contributed by atoms with E-state index >= 15 is 0 Å². The largest absolute Gasteiger partial charge is 0.392 e. The van der Waals surface area contributed by atoms with E-state index in [0.29, 0.717) is 13.1 Å². The molecular formula is C11H21NO2. The summed E-state index contributed by atoms with van der Waals surface area (Å²) in [6.07, 6.45) is 1.63. The molecule has 1 heterocycles. The van der Waals surface area contributed by atoms with Gasteiger partial charge >= 0.3 is 0 Å². The summed E-state index contributed by atoms with van der Waals surface area (Å²) in [5.41, 5.74) is -0.262. The number of likely N-dealkylation sites (tertiary alicyclic amines) is 1. The van der Waals surface area contributed by atoms with Gasteiger partial charge in [0.25, 0.3) is 0 Å². The quantitative estimate of drug-likeness (QED) is 0.723. The van der Waals surface area contributed by atoms with E-state index in [-0.39, 0.29) is 17.3 Å². The average Bonchev–Trinajstić information content (AvgIpc) is 2.02. The van der Waals surface area contributed by atoms with Gasteiger partial charge in [-0.15, -0.1) is 0 Å². The van der Waals surface area contributed by atoms with Crippen LogP contribution in [-0.4, -0.2) is 41.5 Å². The second-order valence-electron chi connectivity index (χ2n) is 5.20. The highest BCUT2D eigenvalue weighted by Crippen LogP contribution is 2.17. The number of hydrogen-bond acceptors (Lipinski definition) is 3. The lowest BCUT2D eigenvalue weighted by atomic mass is 9.90. The zero-order valence-electron chi connectivity index (χ0n) is 9.42. The highest BCUT2D eigenvalue weighted by Gasteiger charge is 2.25. The van der Waals surface area contributed by atoms with Crippen molar-refractivity contribution in [2.24, 2.45) is 5.41 Å². The average molecular weight is 199 g/mol. The lowest BCUT2D eigenvalue weighted by Crippen LogP contribution is -2.43. The summed E-state index contributed by atoms with van der Waals surface area (Å²) in [7, 11) is 0. The third kappa shape index (κ3) is 3.39. The van der Waals surface area contributed by atoms with Crippen LogP contribution in [0.2, 0.25) is 0 Å². The first-order chi connectivity index (χ1) is 6.39. The number of ketones is 1. The summed E-state index contributed by atoms with van der Waals surface area (Å²) >= 11 is 0. The van der Waals surface area contributed by atoms with Crippen molar-refractivity contribution in [1.29, 1.82) is 0 Å². The lowest BCUT2D eigenvalue weighted by Gasteiger charge is -2.31. The molecule has 0 amide bonds. The molecule has 1 fully saturated rings. The van der Waals surface area contributed by atoms with Gasteiger partial charge in [0, 0.05) is 12.0 Å². The third-order valence-electron chi connectivity index (χ3n) is 2.68. The van der Waals surface area contributed by atoms with E-state index in [4.69, 9.17) is 0 Å². The molecule has 1 N–H and O–H groups in total. The zero-order valence-corrected chi connectivity index (χ0v) is 9.42. The van der Waals surface area contributed by atoms with Crippen molar-refractivity contribution < 1.29 is 9.90 Å². The van der Waals surface area contributed by atoms with Gasteiger partial charge in [0.2, 0.25) is 0 Å². The van der Waals surface area contributed by atoms with Crippen LogP contribution in [0.25, 0.3) is 0 Å². The molecule has 0 saturated carbocycles. The molecule has 0 aromatic heterocycles. The molecule has 0 unspecified atom stereocenters. The molecule has 1 aliphatic rings. The van der Waals surface area contributed by atoms with E-state index in [1.165, 1.54) is 0 Å². The summed E-state index contributed by atoms with van der Waals surface area (Å²) in [4.78, 5) is 13.8. The fourth-order valence-electron chi connectivity index (χ4n) is 1.62. The predicted molar refractivity (Wildman–Crippen MR) is 56.1 cm³/mol. The normalized spacial score (nSPS) is 25.0. The molecular weight excluding hydrogens is 178 g/mol. The number of nitrogens with zero attached hydrogens (tertiary/aromatic N) is 1. The molecule has 1 atom stereocenters. The van der Waals surface area contributed by atoms with Crippen molar-refractivity contribution >= 4 is 5.78 Å². The van der Waals surface area contributed by atoms with Crippen molar-refractivity contribution in [1.82, 2.24) is 4.90 Å². The Balaban J connectivity index is 2.40. The summed E-state index contributed by atoms with van der Waals surface area (Å²) in [6, 6.07) is 0. The minimum atomic E-state index is -0.262. The van der Waals surface area contributed by atoms with Crippen LogP contribution >= 0.6 is 0 Å². The van der Waals surface area contributed by atoms with Crippen LogP contribution < -0.4 is 0 Å². The Morgan fingerprint density at radius 2 is 2.14 bits per heavy atom. The Hall–Kier alpha value is -0.410. The first-order valence-electron chi connectivity index (χ1n) is 5.33. The van der Waals surface area contributed by atoms with Crippen molar-refractivity contribution in [2.45, 2.75) is 39.7 Å². The summed E-state index contributed by atoms with van der Waals surface area (Å²) in [5, 5.41) is 9.44. The predicted octanol–water partition coefficient (Wildman–Crippen LogP) is 1.06. The Bertz CT molecular complexity index is 208. The second kappa shape index (κ2) is 4.41. The minimum Gasteiger partial charge on any atom is -0.392 e. The van der Waals surface area contributed by atoms with Gasteiger partial charge in [-0.1, -0.05) is 20.8 Å². The number of aliphatic hydroxyl groups excluding tert-OH is 1. The molecule has 1 rings (SSSR count). The van der Waals surface area contributed by atoms with Crippen LogP contribution in [-0.2, 0) is 4.79 Å². The molecule has 14 heavy (non-hydrogen) atoms. The molecule has 1 aliphatic heterocycles. The smallest absolute Gasteiger partial charge is 0.152 e. The Labute approximate surface area is 86.1 Å². The number of piperidine rings is 1. The number of carbonyl (C=O) groups is 1. The molecule has 0 aromatic carbocycles. The fourth-order valence-corrected chi connectivity index (χ4v) is 1.62. The standard InChI is InChI=1S/C11H21NO2/c1-11(2,3)10(14)8-12-6-4-5-9(13)7-12/h9,13H,4-8H2,1-3H3/t9-/m0/s1. The molecule has 3 heteroatoms. The highest BCUT2D eigenvalue weighted by molar-refractivity contribution is 5.85. The van der Waals surface area contributed by atoms with Crippen molar-refractivity contribution in [3.8, 4) is 0 Å². The van der Waals surface area contributed by atoms with Crippen LogP contribution in [0, 0.1) is 5.41 Å². The zero-order chi connectivity index (χ0) is 10.8. The van der Waals surface area contributed by atoms with Gasteiger partial charge in [-0.25, -0.2) is 0 Å². The summed E-state index contributed by atoms with van der Waals surface area (Å²) < 4.78 is 0.